The fourth-order valence-corrected chi connectivity index (χ4v) is 3.03. The van der Waals surface area contributed by atoms with E-state index in [2.05, 4.69) is 10.3 Å². The van der Waals surface area contributed by atoms with Gasteiger partial charge in [0.1, 0.15) is 5.82 Å². The van der Waals surface area contributed by atoms with E-state index in [4.69, 9.17) is 23.2 Å². The topological polar surface area (TPSA) is 41.5 Å². The fraction of sp³-hybridized carbons (Fsp3) is 0. The maximum Gasteiger partial charge on any atom is 0.264 e. The Bertz CT molecular complexity index is 852. The van der Waals surface area contributed by atoms with Crippen LogP contribution in [0.2, 0.25) is 10.0 Å². The van der Waals surface area contributed by atoms with Crippen LogP contribution in [-0.4, -0.2) is 11.1 Å². The molecule has 116 valence electrons. The molecule has 1 amide bonds. The summed E-state index contributed by atoms with van der Waals surface area (Å²) in [5, 5.41) is 3.91. The van der Waals surface area contributed by atoms with Gasteiger partial charge in [-0.3, -0.25) is 4.79 Å². The molecule has 1 aliphatic rings. The molecule has 0 atom stereocenters. The number of amides is 1. The van der Waals surface area contributed by atoms with Crippen LogP contribution in [0.5, 0.6) is 0 Å². The molecule has 1 N–H and O–H groups in total. The van der Waals surface area contributed by atoms with Gasteiger partial charge < -0.3 is 5.32 Å². The van der Waals surface area contributed by atoms with Crippen LogP contribution in [0.4, 0.5) is 10.1 Å². The number of nitrogens with zero attached hydrogens (tertiary/aromatic N) is 1. The van der Waals surface area contributed by atoms with E-state index in [9.17, 15) is 9.18 Å². The van der Waals surface area contributed by atoms with E-state index in [0.29, 0.717) is 31.4 Å². The van der Waals surface area contributed by atoms with Gasteiger partial charge in [-0.05, 0) is 53.7 Å². The van der Waals surface area contributed by atoms with Crippen LogP contribution in [0, 0.1) is 5.82 Å². The third kappa shape index (κ3) is 3.93. The second-order valence-corrected chi connectivity index (χ2v) is 6.48. The quantitative estimate of drug-likeness (QED) is 0.757. The highest BCUT2D eigenvalue weighted by molar-refractivity contribution is 8.18. The van der Waals surface area contributed by atoms with Crippen LogP contribution in [0.25, 0.3) is 6.08 Å². The number of thioether (sulfide) groups is 1. The number of hydrogen-bond donors (Lipinski definition) is 1. The summed E-state index contributed by atoms with van der Waals surface area (Å²) in [5.74, 6) is -0.634. The van der Waals surface area contributed by atoms with Crippen molar-refractivity contribution in [2.45, 2.75) is 0 Å². The second kappa shape index (κ2) is 6.74. The molecule has 0 aromatic heterocycles. The molecule has 1 heterocycles. The molecule has 1 saturated heterocycles. The number of carbonyl (C=O) groups is 1. The van der Waals surface area contributed by atoms with Gasteiger partial charge in [-0.1, -0.05) is 35.3 Å². The normalized spacial score (nSPS) is 17.8. The number of nitrogens with one attached hydrogen (secondary N) is 1. The van der Waals surface area contributed by atoms with Gasteiger partial charge in [0.25, 0.3) is 5.91 Å². The highest BCUT2D eigenvalue weighted by Gasteiger charge is 2.23. The van der Waals surface area contributed by atoms with Crippen LogP contribution >= 0.6 is 35.0 Å². The molecule has 2 aromatic carbocycles. The Labute approximate surface area is 146 Å². The predicted molar refractivity (Wildman–Crippen MR) is 93.7 cm³/mol. The Hall–Kier alpha value is -1.82. The molecule has 0 aliphatic carbocycles. The molecule has 0 bridgehead atoms. The van der Waals surface area contributed by atoms with E-state index in [1.807, 2.05) is 0 Å². The van der Waals surface area contributed by atoms with Crippen molar-refractivity contribution in [2.24, 2.45) is 4.99 Å². The van der Waals surface area contributed by atoms with E-state index in [-0.39, 0.29) is 11.7 Å². The first-order valence-corrected chi connectivity index (χ1v) is 8.09. The van der Waals surface area contributed by atoms with Gasteiger partial charge in [0.2, 0.25) is 0 Å². The zero-order chi connectivity index (χ0) is 16.4. The van der Waals surface area contributed by atoms with Gasteiger partial charge in [-0.15, -0.1) is 0 Å². The largest absolute Gasteiger partial charge is 0.300 e. The molecule has 3 rings (SSSR count). The summed E-state index contributed by atoms with van der Waals surface area (Å²) in [6.07, 6.45) is 1.61. The van der Waals surface area contributed by atoms with Crippen molar-refractivity contribution in [2.75, 3.05) is 0 Å². The minimum Gasteiger partial charge on any atom is -0.300 e. The summed E-state index contributed by atoms with van der Waals surface area (Å²) in [6.45, 7) is 0. The van der Waals surface area contributed by atoms with Gasteiger partial charge >= 0.3 is 0 Å². The average Bonchev–Trinajstić information content (AvgIpc) is 2.83. The first-order valence-electron chi connectivity index (χ1n) is 6.51. The van der Waals surface area contributed by atoms with E-state index in [1.165, 1.54) is 23.9 Å². The second-order valence-electron chi connectivity index (χ2n) is 4.64. The van der Waals surface area contributed by atoms with Crippen molar-refractivity contribution in [3.8, 4) is 0 Å². The monoisotopic (exact) mass is 366 g/mol. The summed E-state index contributed by atoms with van der Waals surface area (Å²) < 4.78 is 13.2. The molecule has 3 nitrogen and oxygen atoms in total. The van der Waals surface area contributed by atoms with Gasteiger partial charge in [0, 0.05) is 0 Å². The molecule has 1 fully saturated rings. The molecule has 7 heteroatoms. The van der Waals surface area contributed by atoms with Crippen molar-refractivity contribution in [3.05, 3.63) is 68.8 Å². The Kier molecular flexibility index (Phi) is 4.71. The highest BCUT2D eigenvalue weighted by Crippen LogP contribution is 2.30. The average molecular weight is 367 g/mol. The lowest BCUT2D eigenvalue weighted by Gasteiger charge is -1.99. The molecular formula is C16H9Cl2FN2OS. The zero-order valence-corrected chi connectivity index (χ0v) is 13.8. The number of amidine groups is 1. The number of halogens is 3. The van der Waals surface area contributed by atoms with Crippen LogP contribution in [-0.2, 0) is 4.79 Å². The number of aliphatic imine (C=N–C) groups is 1. The molecule has 0 spiro atoms. The molecular weight excluding hydrogens is 358 g/mol. The van der Waals surface area contributed by atoms with E-state index in [0.717, 1.165) is 0 Å². The van der Waals surface area contributed by atoms with Crippen molar-refractivity contribution in [1.82, 2.24) is 5.32 Å². The summed E-state index contributed by atoms with van der Waals surface area (Å²) in [5.41, 5.74) is 1.19. The molecule has 23 heavy (non-hydrogen) atoms. The first-order chi connectivity index (χ1) is 11.0. The molecule has 1 aliphatic heterocycles. The maximum atomic E-state index is 13.2. The third-order valence-corrected chi connectivity index (χ3v) is 4.58. The first kappa shape index (κ1) is 16.1. The molecule has 2 aromatic rings. The maximum absolute atomic E-state index is 13.2. The van der Waals surface area contributed by atoms with Gasteiger partial charge in [-0.25, -0.2) is 9.38 Å². The Morgan fingerprint density at radius 1 is 1.13 bits per heavy atom. The van der Waals surface area contributed by atoms with Gasteiger partial charge in [0.15, 0.2) is 5.17 Å². The lowest BCUT2D eigenvalue weighted by molar-refractivity contribution is -0.115. The SMILES string of the molecule is O=C1NC(=Nc2ccc(Cl)c(Cl)c2)SC1=Cc1cccc(F)c1. The smallest absolute Gasteiger partial charge is 0.264 e. The molecule has 0 unspecified atom stereocenters. The minimum atomic E-state index is -0.354. The predicted octanol–water partition coefficient (Wildman–Crippen LogP) is 5.02. The Balaban J connectivity index is 1.84. The molecule has 0 saturated carbocycles. The van der Waals surface area contributed by atoms with Crippen molar-refractivity contribution in [3.63, 3.8) is 0 Å². The van der Waals surface area contributed by atoms with E-state index >= 15 is 0 Å². The van der Waals surface area contributed by atoms with Gasteiger partial charge in [0.05, 0.1) is 20.6 Å². The number of hydrogen-bond acceptors (Lipinski definition) is 3. The van der Waals surface area contributed by atoms with E-state index < -0.39 is 0 Å². The van der Waals surface area contributed by atoms with Crippen LogP contribution in [0.1, 0.15) is 5.56 Å². The number of rotatable bonds is 2. The van der Waals surface area contributed by atoms with Crippen molar-refractivity contribution < 1.29 is 9.18 Å². The summed E-state index contributed by atoms with van der Waals surface area (Å²) in [6, 6.07) is 11.0. The van der Waals surface area contributed by atoms with Crippen molar-refractivity contribution >= 4 is 57.8 Å². The number of carbonyl (C=O) groups excluding carboxylic acids is 1. The van der Waals surface area contributed by atoms with Crippen LogP contribution in [0.3, 0.4) is 0 Å². The number of benzene rings is 2. The lowest BCUT2D eigenvalue weighted by Crippen LogP contribution is -2.19. The third-order valence-electron chi connectivity index (χ3n) is 2.93. The summed E-state index contributed by atoms with van der Waals surface area (Å²) in [7, 11) is 0. The Morgan fingerprint density at radius 2 is 1.96 bits per heavy atom. The Morgan fingerprint density at radius 3 is 2.70 bits per heavy atom. The highest BCUT2D eigenvalue weighted by atomic mass is 35.5. The minimum absolute atomic E-state index is 0.280. The zero-order valence-electron chi connectivity index (χ0n) is 11.5. The van der Waals surface area contributed by atoms with Crippen molar-refractivity contribution in [1.29, 1.82) is 0 Å². The molecule has 0 radical (unpaired) electrons. The summed E-state index contributed by atoms with van der Waals surface area (Å²) >= 11 is 13.0. The van der Waals surface area contributed by atoms with Crippen LogP contribution < -0.4 is 5.32 Å². The summed E-state index contributed by atoms with van der Waals surface area (Å²) in [4.78, 5) is 16.7. The fourth-order valence-electron chi connectivity index (χ4n) is 1.90. The lowest BCUT2D eigenvalue weighted by atomic mass is 10.2. The van der Waals surface area contributed by atoms with E-state index in [1.54, 1.807) is 36.4 Å². The van der Waals surface area contributed by atoms with Gasteiger partial charge in [-0.2, -0.15) is 0 Å². The van der Waals surface area contributed by atoms with Crippen LogP contribution in [0.15, 0.2) is 52.4 Å². The standard InChI is InChI=1S/C16H9Cl2FN2OS/c17-12-5-4-11(8-13(12)18)20-16-21-15(22)14(23-16)7-9-2-1-3-10(19)6-9/h1-8H,(H,20,21,22).